The second-order valence-electron chi connectivity index (χ2n) is 5.28. The van der Waals surface area contributed by atoms with E-state index < -0.39 is 0 Å². The van der Waals surface area contributed by atoms with Crippen LogP contribution in [0.15, 0.2) is 16.5 Å². The van der Waals surface area contributed by atoms with Crippen LogP contribution in [-0.4, -0.2) is 38.8 Å². The lowest BCUT2D eigenvalue weighted by molar-refractivity contribution is 0.132. The van der Waals surface area contributed by atoms with Crippen molar-refractivity contribution in [2.75, 3.05) is 33.9 Å². The molecule has 1 saturated carbocycles. The van der Waals surface area contributed by atoms with Crippen molar-refractivity contribution in [2.24, 2.45) is 11.7 Å². The van der Waals surface area contributed by atoms with Gasteiger partial charge in [-0.05, 0) is 31.5 Å². The van der Waals surface area contributed by atoms with Gasteiger partial charge in [0.2, 0.25) is 0 Å². The summed E-state index contributed by atoms with van der Waals surface area (Å²) in [6.45, 7) is 4.39. The van der Waals surface area contributed by atoms with E-state index in [-0.39, 0.29) is 6.04 Å². The van der Waals surface area contributed by atoms with E-state index in [1.54, 1.807) is 7.11 Å². The molecule has 0 radical (unpaired) electrons. The molecule has 18 heavy (non-hydrogen) atoms. The van der Waals surface area contributed by atoms with Gasteiger partial charge in [-0.25, -0.2) is 0 Å². The lowest BCUT2D eigenvalue weighted by Crippen LogP contribution is -2.32. The summed E-state index contributed by atoms with van der Waals surface area (Å²) in [5.41, 5.74) is 5.86. The van der Waals surface area contributed by atoms with Crippen molar-refractivity contribution < 1.29 is 9.15 Å². The van der Waals surface area contributed by atoms with Crippen LogP contribution in [0.5, 0.6) is 0 Å². The summed E-state index contributed by atoms with van der Waals surface area (Å²) in [6, 6.07) is 4.32. The third-order valence-corrected chi connectivity index (χ3v) is 3.85. The molecule has 2 N–H and O–H groups in total. The highest BCUT2D eigenvalue weighted by molar-refractivity contribution is 5.19. The third kappa shape index (κ3) is 2.94. The van der Waals surface area contributed by atoms with E-state index in [2.05, 4.69) is 31.0 Å². The van der Waals surface area contributed by atoms with Crippen molar-refractivity contribution in [3.8, 4) is 0 Å². The average molecular weight is 252 g/mol. The summed E-state index contributed by atoms with van der Waals surface area (Å²) in [5, 5.41) is 0. The molecule has 0 aromatic carbocycles. The molecule has 0 bridgehead atoms. The first-order chi connectivity index (χ1) is 8.67. The maximum absolute atomic E-state index is 5.97. The van der Waals surface area contributed by atoms with Crippen LogP contribution in [-0.2, 0) is 4.74 Å². The molecular weight excluding hydrogens is 228 g/mol. The van der Waals surface area contributed by atoms with Crippen molar-refractivity contribution in [3.63, 3.8) is 0 Å². The molecule has 2 rings (SSSR count). The molecule has 1 heterocycles. The van der Waals surface area contributed by atoms with Crippen molar-refractivity contribution in [3.05, 3.63) is 23.7 Å². The van der Waals surface area contributed by atoms with Gasteiger partial charge in [0.1, 0.15) is 11.5 Å². The van der Waals surface area contributed by atoms with Crippen LogP contribution < -0.4 is 5.73 Å². The lowest BCUT2D eigenvalue weighted by Gasteiger charge is -2.24. The topological polar surface area (TPSA) is 51.6 Å². The van der Waals surface area contributed by atoms with E-state index in [1.807, 2.05) is 0 Å². The van der Waals surface area contributed by atoms with E-state index in [9.17, 15) is 0 Å². The molecule has 1 aromatic rings. The molecule has 4 nitrogen and oxygen atoms in total. The van der Waals surface area contributed by atoms with Gasteiger partial charge in [-0.1, -0.05) is 6.92 Å². The van der Waals surface area contributed by atoms with Crippen LogP contribution in [0.25, 0.3) is 0 Å². The molecule has 1 aliphatic rings. The number of hydrogen-bond acceptors (Lipinski definition) is 4. The zero-order valence-corrected chi connectivity index (χ0v) is 11.6. The second-order valence-corrected chi connectivity index (χ2v) is 5.28. The minimum Gasteiger partial charge on any atom is -0.464 e. The number of nitrogens with zero attached hydrogens (tertiary/aromatic N) is 1. The summed E-state index contributed by atoms with van der Waals surface area (Å²) < 4.78 is 11.1. The van der Waals surface area contributed by atoms with Gasteiger partial charge in [0.15, 0.2) is 0 Å². The number of furan rings is 1. The van der Waals surface area contributed by atoms with Gasteiger partial charge in [-0.2, -0.15) is 0 Å². The van der Waals surface area contributed by atoms with Crippen LogP contribution in [0.1, 0.15) is 36.8 Å². The summed E-state index contributed by atoms with van der Waals surface area (Å²) in [6.07, 6.45) is 1.25. The van der Waals surface area contributed by atoms with Crippen molar-refractivity contribution >= 4 is 0 Å². The van der Waals surface area contributed by atoms with Crippen LogP contribution in [0.4, 0.5) is 0 Å². The predicted molar refractivity (Wildman–Crippen MR) is 71.5 cm³/mol. The second kappa shape index (κ2) is 5.87. The number of nitrogens with two attached hydrogens (primary N) is 1. The molecule has 3 unspecified atom stereocenters. The smallest absolute Gasteiger partial charge is 0.122 e. The van der Waals surface area contributed by atoms with Gasteiger partial charge in [-0.15, -0.1) is 0 Å². The Hall–Kier alpha value is -0.840. The molecule has 0 spiro atoms. The van der Waals surface area contributed by atoms with Crippen LogP contribution in [0.2, 0.25) is 0 Å². The maximum Gasteiger partial charge on any atom is 0.122 e. The minimum atomic E-state index is 0.142. The Kier molecular flexibility index (Phi) is 4.43. The minimum absolute atomic E-state index is 0.142. The fraction of sp³-hybridized carbons (Fsp3) is 0.714. The third-order valence-electron chi connectivity index (χ3n) is 3.85. The van der Waals surface area contributed by atoms with Crippen molar-refractivity contribution in [1.82, 2.24) is 4.90 Å². The molecule has 1 aromatic heterocycles. The average Bonchev–Trinajstić information content (AvgIpc) is 2.90. The number of likely N-dealkylation sites (N-methyl/N-ethyl adjacent to an activating group) is 1. The normalized spacial score (nSPS) is 24.5. The van der Waals surface area contributed by atoms with Crippen molar-refractivity contribution in [1.29, 1.82) is 0 Å². The number of hydrogen-bond donors (Lipinski definition) is 1. The van der Waals surface area contributed by atoms with Crippen molar-refractivity contribution in [2.45, 2.75) is 25.3 Å². The van der Waals surface area contributed by atoms with Gasteiger partial charge in [0, 0.05) is 26.1 Å². The van der Waals surface area contributed by atoms with E-state index in [1.165, 1.54) is 6.42 Å². The lowest BCUT2D eigenvalue weighted by atomic mass is 10.2. The molecule has 4 heteroatoms. The maximum atomic E-state index is 5.97. The van der Waals surface area contributed by atoms with E-state index in [0.717, 1.165) is 24.0 Å². The SMILES string of the molecule is COCCN(C)C(CN)c1ccc(C2CC2C)o1. The Morgan fingerprint density at radius 3 is 2.83 bits per heavy atom. The van der Waals surface area contributed by atoms with Crippen LogP contribution in [0, 0.1) is 5.92 Å². The molecule has 0 amide bonds. The first-order valence-electron chi connectivity index (χ1n) is 6.66. The molecule has 1 aliphatic carbocycles. The van der Waals surface area contributed by atoms with E-state index in [0.29, 0.717) is 19.1 Å². The zero-order valence-electron chi connectivity index (χ0n) is 11.6. The largest absolute Gasteiger partial charge is 0.464 e. The van der Waals surface area contributed by atoms with Gasteiger partial charge < -0.3 is 14.9 Å². The molecule has 3 atom stereocenters. The highest BCUT2D eigenvalue weighted by atomic mass is 16.5. The highest BCUT2D eigenvalue weighted by Gasteiger charge is 2.37. The monoisotopic (exact) mass is 252 g/mol. The summed E-state index contributed by atoms with van der Waals surface area (Å²) in [7, 11) is 3.77. The summed E-state index contributed by atoms with van der Waals surface area (Å²) in [5.74, 6) is 3.49. The molecule has 102 valence electrons. The molecule has 1 fully saturated rings. The molecule has 0 saturated heterocycles. The zero-order chi connectivity index (χ0) is 13.1. The standard InChI is InChI=1S/C14H24N2O2/c1-10-8-11(10)13-4-5-14(18-13)12(9-15)16(2)6-7-17-3/h4-5,10-12H,6-9,15H2,1-3H3. The highest BCUT2D eigenvalue weighted by Crippen LogP contribution is 2.47. The Bertz CT molecular complexity index is 378. The van der Waals surface area contributed by atoms with Crippen LogP contribution >= 0.6 is 0 Å². The first kappa shape index (κ1) is 13.6. The number of methoxy groups -OCH3 is 1. The predicted octanol–water partition coefficient (Wildman–Crippen LogP) is 1.98. The summed E-state index contributed by atoms with van der Waals surface area (Å²) in [4.78, 5) is 2.18. The van der Waals surface area contributed by atoms with Gasteiger partial charge in [0.25, 0.3) is 0 Å². The quantitative estimate of drug-likeness (QED) is 0.806. The number of ether oxygens (including phenoxy) is 1. The van der Waals surface area contributed by atoms with E-state index >= 15 is 0 Å². The Morgan fingerprint density at radius 1 is 1.56 bits per heavy atom. The molecule has 0 aliphatic heterocycles. The van der Waals surface area contributed by atoms with Gasteiger partial charge in [0.05, 0.1) is 12.6 Å². The molecular formula is C14H24N2O2. The van der Waals surface area contributed by atoms with Gasteiger partial charge >= 0.3 is 0 Å². The Labute approximate surface area is 109 Å². The fourth-order valence-electron chi connectivity index (χ4n) is 2.37. The Balaban J connectivity index is 2.00. The van der Waals surface area contributed by atoms with E-state index in [4.69, 9.17) is 14.9 Å². The summed E-state index contributed by atoms with van der Waals surface area (Å²) >= 11 is 0. The van der Waals surface area contributed by atoms with Crippen LogP contribution in [0.3, 0.4) is 0 Å². The number of rotatable bonds is 7. The first-order valence-corrected chi connectivity index (χ1v) is 6.66. The van der Waals surface area contributed by atoms with Gasteiger partial charge in [-0.3, -0.25) is 4.90 Å². The fourth-order valence-corrected chi connectivity index (χ4v) is 2.37. The Morgan fingerprint density at radius 2 is 2.28 bits per heavy atom.